The molecule has 0 saturated heterocycles. The highest BCUT2D eigenvalue weighted by Crippen LogP contribution is 2.39. The number of carbonyl (C=O) groups is 3. The minimum atomic E-state index is -0.751. The van der Waals surface area contributed by atoms with Crippen molar-refractivity contribution in [2.75, 3.05) is 25.4 Å². The molecular formula is C23H22N2O7. The molecule has 0 radical (unpaired) electrons. The zero-order chi connectivity index (χ0) is 22.8. The fraction of sp³-hybridized carbons (Fsp3) is 0.261. The van der Waals surface area contributed by atoms with E-state index in [0.717, 1.165) is 0 Å². The summed E-state index contributed by atoms with van der Waals surface area (Å²) in [7, 11) is 1.30. The van der Waals surface area contributed by atoms with Gasteiger partial charge in [-0.2, -0.15) is 0 Å². The van der Waals surface area contributed by atoms with Crippen molar-refractivity contribution in [2.24, 2.45) is 0 Å². The number of benzene rings is 2. The van der Waals surface area contributed by atoms with Crippen molar-refractivity contribution in [1.29, 1.82) is 0 Å². The van der Waals surface area contributed by atoms with Crippen molar-refractivity contribution >= 4 is 23.7 Å². The SMILES string of the molecule is CCOC(=O)C1=C(C)N(c2ccc3c(c2)OCO3)C(=O)N[C@@H]1c1ccc(C(=O)OC)cc1. The van der Waals surface area contributed by atoms with Gasteiger partial charge < -0.3 is 24.3 Å². The Morgan fingerprint density at radius 2 is 1.81 bits per heavy atom. The van der Waals surface area contributed by atoms with Gasteiger partial charge in [0.05, 0.1) is 36.6 Å². The predicted molar refractivity (Wildman–Crippen MR) is 113 cm³/mol. The Balaban J connectivity index is 1.76. The van der Waals surface area contributed by atoms with Gasteiger partial charge in [0.1, 0.15) is 0 Å². The van der Waals surface area contributed by atoms with E-state index in [9.17, 15) is 14.4 Å². The highest BCUT2D eigenvalue weighted by molar-refractivity contribution is 6.03. The lowest BCUT2D eigenvalue weighted by Crippen LogP contribution is -2.48. The lowest BCUT2D eigenvalue weighted by atomic mass is 9.94. The molecule has 166 valence electrons. The first-order valence-corrected chi connectivity index (χ1v) is 10.0. The van der Waals surface area contributed by atoms with Gasteiger partial charge in [-0.25, -0.2) is 14.4 Å². The number of fused-ring (bicyclic) bond motifs is 1. The first-order chi connectivity index (χ1) is 15.4. The third-order valence-electron chi connectivity index (χ3n) is 5.26. The van der Waals surface area contributed by atoms with Crippen LogP contribution in [0.15, 0.2) is 53.7 Å². The minimum absolute atomic E-state index is 0.109. The van der Waals surface area contributed by atoms with Gasteiger partial charge in [-0.05, 0) is 43.7 Å². The first kappa shape index (κ1) is 21.2. The number of nitrogens with zero attached hydrogens (tertiary/aromatic N) is 1. The zero-order valence-corrected chi connectivity index (χ0v) is 17.8. The van der Waals surface area contributed by atoms with Crippen LogP contribution in [0.25, 0.3) is 0 Å². The predicted octanol–water partition coefficient (Wildman–Crippen LogP) is 3.31. The molecular weight excluding hydrogens is 416 g/mol. The summed E-state index contributed by atoms with van der Waals surface area (Å²) in [5.74, 6) is 0.0802. The van der Waals surface area contributed by atoms with Crippen molar-refractivity contribution in [3.63, 3.8) is 0 Å². The lowest BCUT2D eigenvalue weighted by Gasteiger charge is -2.35. The standard InChI is InChI=1S/C23H22N2O7/c1-4-30-22(27)19-13(2)25(16-9-10-17-18(11-16)32-12-31-17)23(28)24-20(19)14-5-7-15(8-6-14)21(26)29-3/h5-11,20H,4,12H2,1-3H3,(H,24,28)/t20-/m1/s1. The second-order valence-corrected chi connectivity index (χ2v) is 7.09. The van der Waals surface area contributed by atoms with Gasteiger partial charge in [0.15, 0.2) is 11.5 Å². The second-order valence-electron chi connectivity index (χ2n) is 7.09. The average molecular weight is 438 g/mol. The van der Waals surface area contributed by atoms with E-state index >= 15 is 0 Å². The Kier molecular flexibility index (Phi) is 5.72. The van der Waals surface area contributed by atoms with Gasteiger partial charge in [-0.1, -0.05) is 12.1 Å². The molecule has 2 amide bonds. The molecule has 0 unspecified atom stereocenters. The maximum atomic E-state index is 13.1. The summed E-state index contributed by atoms with van der Waals surface area (Å²) >= 11 is 0. The molecule has 0 spiro atoms. The molecule has 4 rings (SSSR count). The van der Waals surface area contributed by atoms with Crippen LogP contribution in [0, 0.1) is 0 Å². The Bertz CT molecular complexity index is 1110. The van der Waals surface area contributed by atoms with Gasteiger partial charge in [-0.3, -0.25) is 4.90 Å². The van der Waals surface area contributed by atoms with Crippen LogP contribution >= 0.6 is 0 Å². The Hall–Kier alpha value is -4.01. The molecule has 2 aromatic carbocycles. The molecule has 2 heterocycles. The van der Waals surface area contributed by atoms with Crippen LogP contribution in [0.1, 0.15) is 35.8 Å². The van der Waals surface area contributed by atoms with E-state index in [2.05, 4.69) is 5.32 Å². The van der Waals surface area contributed by atoms with Gasteiger partial charge in [0, 0.05) is 11.8 Å². The number of amides is 2. The van der Waals surface area contributed by atoms with Gasteiger partial charge in [-0.15, -0.1) is 0 Å². The molecule has 2 aromatic rings. The van der Waals surface area contributed by atoms with Crippen LogP contribution in [-0.2, 0) is 14.3 Å². The van der Waals surface area contributed by atoms with Crippen LogP contribution in [0.5, 0.6) is 11.5 Å². The Labute approximate surface area is 184 Å². The number of hydrogen-bond acceptors (Lipinski definition) is 7. The second kappa shape index (κ2) is 8.62. The average Bonchev–Trinajstić information content (AvgIpc) is 3.26. The van der Waals surface area contributed by atoms with Crippen LogP contribution in [-0.4, -0.2) is 38.5 Å². The number of ether oxygens (including phenoxy) is 4. The smallest absolute Gasteiger partial charge is 0.338 e. The van der Waals surface area contributed by atoms with Crippen LogP contribution in [0.3, 0.4) is 0 Å². The molecule has 1 atom stereocenters. The molecule has 2 aliphatic rings. The van der Waals surface area contributed by atoms with E-state index in [1.54, 1.807) is 56.3 Å². The number of allylic oxidation sites excluding steroid dienone is 1. The lowest BCUT2D eigenvalue weighted by molar-refractivity contribution is -0.139. The molecule has 2 aliphatic heterocycles. The largest absolute Gasteiger partial charge is 0.465 e. The fourth-order valence-corrected chi connectivity index (χ4v) is 3.73. The van der Waals surface area contributed by atoms with Gasteiger partial charge >= 0.3 is 18.0 Å². The highest BCUT2D eigenvalue weighted by Gasteiger charge is 2.37. The molecule has 0 aliphatic carbocycles. The van der Waals surface area contributed by atoms with Crippen molar-refractivity contribution in [3.05, 3.63) is 64.9 Å². The highest BCUT2D eigenvalue weighted by atomic mass is 16.7. The third kappa shape index (κ3) is 3.73. The topological polar surface area (TPSA) is 103 Å². The van der Waals surface area contributed by atoms with Crippen LogP contribution in [0.4, 0.5) is 10.5 Å². The summed E-state index contributed by atoms with van der Waals surface area (Å²) in [5, 5.41) is 2.87. The zero-order valence-electron chi connectivity index (χ0n) is 17.8. The van der Waals surface area contributed by atoms with Gasteiger partial charge in [0.25, 0.3) is 0 Å². The molecule has 0 fully saturated rings. The maximum absolute atomic E-state index is 13.1. The molecule has 32 heavy (non-hydrogen) atoms. The maximum Gasteiger partial charge on any atom is 0.338 e. The number of hydrogen-bond donors (Lipinski definition) is 1. The van der Waals surface area contributed by atoms with Crippen molar-refractivity contribution in [1.82, 2.24) is 5.32 Å². The molecule has 9 nitrogen and oxygen atoms in total. The van der Waals surface area contributed by atoms with Crippen molar-refractivity contribution in [3.8, 4) is 11.5 Å². The number of esters is 2. The number of nitrogens with one attached hydrogen (secondary N) is 1. The minimum Gasteiger partial charge on any atom is -0.465 e. The van der Waals surface area contributed by atoms with Crippen molar-refractivity contribution < 1.29 is 33.3 Å². The normalized spacial score (nSPS) is 17.2. The molecule has 1 N–H and O–H groups in total. The van der Waals surface area contributed by atoms with E-state index in [0.29, 0.717) is 34.0 Å². The van der Waals surface area contributed by atoms with E-state index in [1.165, 1.54) is 12.0 Å². The number of rotatable bonds is 5. The Morgan fingerprint density at radius 1 is 1.09 bits per heavy atom. The first-order valence-electron chi connectivity index (χ1n) is 10.0. The summed E-state index contributed by atoms with van der Waals surface area (Å²) in [6.07, 6.45) is 0. The summed E-state index contributed by atoms with van der Waals surface area (Å²) in [5.41, 5.74) is 2.21. The van der Waals surface area contributed by atoms with E-state index in [1.807, 2.05) is 0 Å². The monoisotopic (exact) mass is 438 g/mol. The number of anilines is 1. The van der Waals surface area contributed by atoms with Gasteiger partial charge in [0.2, 0.25) is 6.79 Å². The fourth-order valence-electron chi connectivity index (χ4n) is 3.73. The summed E-state index contributed by atoms with van der Waals surface area (Å²) in [6.45, 7) is 3.69. The molecule has 0 aromatic heterocycles. The summed E-state index contributed by atoms with van der Waals surface area (Å²) in [4.78, 5) is 39.2. The van der Waals surface area contributed by atoms with Crippen LogP contribution < -0.4 is 19.7 Å². The van der Waals surface area contributed by atoms with E-state index in [-0.39, 0.29) is 19.0 Å². The molecule has 9 heteroatoms. The summed E-state index contributed by atoms with van der Waals surface area (Å²) in [6, 6.07) is 10.4. The quantitative estimate of drug-likeness (QED) is 0.715. The summed E-state index contributed by atoms with van der Waals surface area (Å²) < 4.78 is 20.8. The Morgan fingerprint density at radius 3 is 2.50 bits per heavy atom. The number of urea groups is 1. The number of methoxy groups -OCH3 is 1. The molecule has 0 bridgehead atoms. The van der Waals surface area contributed by atoms with Crippen molar-refractivity contribution in [2.45, 2.75) is 19.9 Å². The van der Waals surface area contributed by atoms with E-state index in [4.69, 9.17) is 18.9 Å². The molecule has 0 saturated carbocycles. The van der Waals surface area contributed by atoms with E-state index < -0.39 is 24.0 Å². The number of carbonyl (C=O) groups excluding carboxylic acids is 3. The third-order valence-corrected chi connectivity index (χ3v) is 5.26. The van der Waals surface area contributed by atoms with Crippen LogP contribution in [0.2, 0.25) is 0 Å².